The Labute approximate surface area is 92.0 Å². The molecule has 1 heterocycles. The number of fused-ring (bicyclic) bond motifs is 2. The Morgan fingerprint density at radius 1 is 1.07 bits per heavy atom. The van der Waals surface area contributed by atoms with Crippen molar-refractivity contribution >= 4 is 5.78 Å². The summed E-state index contributed by atoms with van der Waals surface area (Å²) in [7, 11) is 0. The van der Waals surface area contributed by atoms with Crippen molar-refractivity contribution in [2.45, 2.75) is 63.5 Å². The molecule has 0 radical (unpaired) electrons. The molecule has 0 aromatic rings. The SMILES string of the molecule is O=C1CCCCCC1N1CC2CCC1C2. The number of nitrogens with zero attached hydrogens (tertiary/aromatic N) is 1. The molecule has 0 spiro atoms. The van der Waals surface area contributed by atoms with Crippen molar-refractivity contribution in [1.29, 1.82) is 0 Å². The normalized spacial score (nSPS) is 42.1. The number of rotatable bonds is 1. The number of Topliss-reactive ketones (excluding diaryl/α,β-unsaturated/α-hetero) is 1. The van der Waals surface area contributed by atoms with Gasteiger partial charge in [0, 0.05) is 19.0 Å². The molecule has 3 rings (SSSR count). The van der Waals surface area contributed by atoms with Crippen molar-refractivity contribution in [2.75, 3.05) is 6.54 Å². The van der Waals surface area contributed by atoms with Gasteiger partial charge in [0.2, 0.25) is 0 Å². The van der Waals surface area contributed by atoms with Crippen LogP contribution in [0, 0.1) is 5.92 Å². The van der Waals surface area contributed by atoms with E-state index < -0.39 is 0 Å². The van der Waals surface area contributed by atoms with Crippen molar-refractivity contribution in [3.8, 4) is 0 Å². The van der Waals surface area contributed by atoms with Crippen molar-refractivity contribution in [1.82, 2.24) is 4.90 Å². The maximum atomic E-state index is 12.0. The Bertz CT molecular complexity index is 263. The van der Waals surface area contributed by atoms with Crippen LogP contribution in [-0.4, -0.2) is 29.3 Å². The summed E-state index contributed by atoms with van der Waals surface area (Å²) in [5, 5.41) is 0. The van der Waals surface area contributed by atoms with Crippen LogP contribution in [0.15, 0.2) is 0 Å². The first-order chi connectivity index (χ1) is 7.34. The number of likely N-dealkylation sites (tertiary alicyclic amines) is 1. The van der Waals surface area contributed by atoms with Gasteiger partial charge in [-0.15, -0.1) is 0 Å². The first-order valence-electron chi connectivity index (χ1n) is 6.63. The van der Waals surface area contributed by atoms with E-state index in [2.05, 4.69) is 4.90 Å². The fraction of sp³-hybridized carbons (Fsp3) is 0.923. The lowest BCUT2D eigenvalue weighted by molar-refractivity contribution is -0.124. The first-order valence-corrected chi connectivity index (χ1v) is 6.63. The van der Waals surface area contributed by atoms with Gasteiger partial charge in [0.05, 0.1) is 6.04 Å². The minimum atomic E-state index is 0.308. The molecule has 3 atom stereocenters. The monoisotopic (exact) mass is 207 g/mol. The second kappa shape index (κ2) is 3.89. The summed E-state index contributed by atoms with van der Waals surface area (Å²) >= 11 is 0. The quantitative estimate of drug-likeness (QED) is 0.615. The predicted octanol–water partition coefficient (Wildman–Crippen LogP) is 2.37. The topological polar surface area (TPSA) is 20.3 Å². The van der Waals surface area contributed by atoms with Crippen molar-refractivity contribution in [3.63, 3.8) is 0 Å². The molecule has 2 aliphatic carbocycles. The second-order valence-electron chi connectivity index (χ2n) is 5.61. The highest BCUT2D eigenvalue weighted by Gasteiger charge is 2.42. The molecule has 1 saturated heterocycles. The van der Waals surface area contributed by atoms with Crippen molar-refractivity contribution < 1.29 is 4.79 Å². The molecule has 2 nitrogen and oxygen atoms in total. The number of carbonyl (C=O) groups is 1. The number of hydrogen-bond donors (Lipinski definition) is 0. The van der Waals surface area contributed by atoms with E-state index in [1.54, 1.807) is 0 Å². The Morgan fingerprint density at radius 2 is 2.00 bits per heavy atom. The van der Waals surface area contributed by atoms with E-state index in [1.807, 2.05) is 0 Å². The molecule has 0 N–H and O–H groups in total. The smallest absolute Gasteiger partial charge is 0.149 e. The first kappa shape index (κ1) is 9.83. The molecule has 84 valence electrons. The van der Waals surface area contributed by atoms with E-state index in [0.29, 0.717) is 11.8 Å². The van der Waals surface area contributed by atoms with Gasteiger partial charge in [-0.2, -0.15) is 0 Å². The predicted molar refractivity (Wildman–Crippen MR) is 59.7 cm³/mol. The zero-order valence-electron chi connectivity index (χ0n) is 9.45. The summed E-state index contributed by atoms with van der Waals surface area (Å²) in [4.78, 5) is 14.6. The highest BCUT2D eigenvalue weighted by molar-refractivity contribution is 5.84. The number of ketones is 1. The zero-order valence-corrected chi connectivity index (χ0v) is 9.45. The van der Waals surface area contributed by atoms with E-state index in [4.69, 9.17) is 0 Å². The van der Waals surface area contributed by atoms with Crippen molar-refractivity contribution in [2.24, 2.45) is 5.92 Å². The number of hydrogen-bond acceptors (Lipinski definition) is 2. The van der Waals surface area contributed by atoms with E-state index in [1.165, 1.54) is 38.6 Å². The molecule has 0 aromatic carbocycles. The van der Waals surface area contributed by atoms with Crippen LogP contribution < -0.4 is 0 Å². The summed E-state index contributed by atoms with van der Waals surface area (Å²) in [6, 6.07) is 1.07. The lowest BCUT2D eigenvalue weighted by Gasteiger charge is -2.33. The van der Waals surface area contributed by atoms with Crippen LogP contribution >= 0.6 is 0 Å². The van der Waals surface area contributed by atoms with Gasteiger partial charge in [-0.25, -0.2) is 0 Å². The van der Waals surface area contributed by atoms with Crippen LogP contribution in [0.5, 0.6) is 0 Å². The summed E-state index contributed by atoms with van der Waals surface area (Å²) in [6.07, 6.45) is 9.81. The minimum Gasteiger partial charge on any atom is -0.298 e. The average Bonchev–Trinajstić information content (AvgIpc) is 2.79. The van der Waals surface area contributed by atoms with E-state index in [9.17, 15) is 4.79 Å². The molecule has 3 fully saturated rings. The number of piperidine rings is 1. The van der Waals surface area contributed by atoms with Gasteiger partial charge < -0.3 is 0 Å². The largest absolute Gasteiger partial charge is 0.298 e. The van der Waals surface area contributed by atoms with Gasteiger partial charge in [-0.1, -0.05) is 12.8 Å². The van der Waals surface area contributed by atoms with Gasteiger partial charge in [-0.3, -0.25) is 9.69 Å². The molecule has 3 aliphatic rings. The lowest BCUT2D eigenvalue weighted by Crippen LogP contribution is -2.45. The standard InChI is InChI=1S/C13H21NO/c15-13-5-3-1-2-4-12(13)14-9-10-6-7-11(14)8-10/h10-12H,1-9H2. The molecule has 1 aliphatic heterocycles. The Kier molecular flexibility index (Phi) is 2.55. The third kappa shape index (κ3) is 1.73. The number of carbonyl (C=O) groups excluding carboxylic acids is 1. The Hall–Kier alpha value is -0.370. The summed E-state index contributed by atoms with van der Waals surface area (Å²) < 4.78 is 0. The zero-order chi connectivity index (χ0) is 10.3. The molecule has 3 unspecified atom stereocenters. The molecular formula is C13H21NO. The molecular weight excluding hydrogens is 186 g/mol. The highest BCUT2D eigenvalue weighted by Crippen LogP contribution is 2.40. The van der Waals surface area contributed by atoms with Gasteiger partial charge in [0.15, 0.2) is 0 Å². The third-order valence-corrected chi connectivity index (χ3v) is 4.62. The van der Waals surface area contributed by atoms with Crippen molar-refractivity contribution in [3.05, 3.63) is 0 Å². The molecule has 0 aromatic heterocycles. The van der Waals surface area contributed by atoms with E-state index >= 15 is 0 Å². The van der Waals surface area contributed by atoms with Crippen LogP contribution in [-0.2, 0) is 4.79 Å². The summed E-state index contributed by atoms with van der Waals surface area (Å²) in [6.45, 7) is 1.22. The Balaban J connectivity index is 1.72. The molecule has 2 bridgehead atoms. The van der Waals surface area contributed by atoms with Gasteiger partial charge in [0.25, 0.3) is 0 Å². The van der Waals surface area contributed by atoms with Gasteiger partial charge in [0.1, 0.15) is 5.78 Å². The van der Waals surface area contributed by atoms with Crippen LogP contribution in [0.25, 0.3) is 0 Å². The fourth-order valence-corrected chi connectivity index (χ4v) is 3.84. The van der Waals surface area contributed by atoms with Crippen LogP contribution in [0.3, 0.4) is 0 Å². The molecule has 0 amide bonds. The lowest BCUT2D eigenvalue weighted by atomic mass is 10.0. The highest BCUT2D eigenvalue weighted by atomic mass is 16.1. The van der Waals surface area contributed by atoms with Gasteiger partial charge >= 0.3 is 0 Å². The third-order valence-electron chi connectivity index (χ3n) is 4.62. The summed E-state index contributed by atoms with van der Waals surface area (Å²) in [5.74, 6) is 1.46. The minimum absolute atomic E-state index is 0.308. The van der Waals surface area contributed by atoms with E-state index in [-0.39, 0.29) is 0 Å². The molecule has 15 heavy (non-hydrogen) atoms. The van der Waals surface area contributed by atoms with Gasteiger partial charge in [-0.05, 0) is 38.0 Å². The maximum Gasteiger partial charge on any atom is 0.149 e. The van der Waals surface area contributed by atoms with Crippen LogP contribution in [0.2, 0.25) is 0 Å². The second-order valence-corrected chi connectivity index (χ2v) is 5.61. The molecule has 2 heteroatoms. The Morgan fingerprint density at radius 3 is 2.73 bits per heavy atom. The molecule has 2 saturated carbocycles. The average molecular weight is 207 g/mol. The maximum absolute atomic E-state index is 12.0. The van der Waals surface area contributed by atoms with Crippen LogP contribution in [0.4, 0.5) is 0 Å². The fourth-order valence-electron chi connectivity index (χ4n) is 3.84. The summed E-state index contributed by atoms with van der Waals surface area (Å²) in [5.41, 5.74) is 0. The van der Waals surface area contributed by atoms with Crippen LogP contribution in [0.1, 0.15) is 51.4 Å². The van der Waals surface area contributed by atoms with E-state index in [0.717, 1.165) is 31.2 Å².